The lowest BCUT2D eigenvalue weighted by Crippen LogP contribution is -2.57. The molecule has 0 saturated carbocycles. The van der Waals surface area contributed by atoms with E-state index in [9.17, 15) is 4.79 Å². The van der Waals surface area contributed by atoms with E-state index in [1.807, 2.05) is 11.8 Å². The molecule has 0 spiro atoms. The average Bonchev–Trinajstić information content (AvgIpc) is 2.27. The lowest BCUT2D eigenvalue weighted by atomic mass is 9.81. The summed E-state index contributed by atoms with van der Waals surface area (Å²) in [5.41, 5.74) is 0.0135. The summed E-state index contributed by atoms with van der Waals surface area (Å²) in [5.74, 6) is 0.293. The van der Waals surface area contributed by atoms with E-state index >= 15 is 0 Å². The minimum Gasteiger partial charge on any atom is -0.382 e. The summed E-state index contributed by atoms with van der Waals surface area (Å²) in [6.07, 6.45) is 0. The highest BCUT2D eigenvalue weighted by atomic mass is 16.5. The molecule has 0 aliphatic carbocycles. The topological polar surface area (TPSA) is 41.6 Å². The monoisotopic (exact) mass is 242 g/mol. The maximum Gasteiger partial charge on any atom is 0.226 e. The van der Waals surface area contributed by atoms with Crippen LogP contribution < -0.4 is 5.32 Å². The molecule has 1 rings (SSSR count). The number of piperazine rings is 1. The Labute approximate surface area is 105 Å². The van der Waals surface area contributed by atoms with Crippen LogP contribution in [0.2, 0.25) is 0 Å². The van der Waals surface area contributed by atoms with Crippen LogP contribution in [0.5, 0.6) is 0 Å². The molecule has 1 fully saturated rings. The lowest BCUT2D eigenvalue weighted by Gasteiger charge is -2.39. The molecule has 4 nitrogen and oxygen atoms in total. The van der Waals surface area contributed by atoms with E-state index < -0.39 is 0 Å². The van der Waals surface area contributed by atoms with Gasteiger partial charge in [0.05, 0.1) is 12.6 Å². The molecule has 2 unspecified atom stereocenters. The molecule has 0 aromatic rings. The van der Waals surface area contributed by atoms with Crippen molar-refractivity contribution in [1.82, 2.24) is 10.2 Å². The molecule has 4 heteroatoms. The zero-order valence-electron chi connectivity index (χ0n) is 11.7. The van der Waals surface area contributed by atoms with E-state index in [0.29, 0.717) is 6.61 Å². The van der Waals surface area contributed by atoms with Crippen molar-refractivity contribution in [2.75, 3.05) is 33.4 Å². The molecule has 0 aromatic heterocycles. The first kappa shape index (κ1) is 14.5. The van der Waals surface area contributed by atoms with Gasteiger partial charge in [0.1, 0.15) is 0 Å². The van der Waals surface area contributed by atoms with Gasteiger partial charge in [-0.15, -0.1) is 0 Å². The van der Waals surface area contributed by atoms with E-state index in [-0.39, 0.29) is 23.3 Å². The normalized spacial score (nSPS) is 23.6. The number of carbonyl (C=O) groups excluding carboxylic acids is 1. The third-order valence-corrected chi connectivity index (χ3v) is 3.66. The zero-order chi connectivity index (χ0) is 13.1. The summed E-state index contributed by atoms with van der Waals surface area (Å²) < 4.78 is 5.19. The Bertz CT molecular complexity index is 259. The summed E-state index contributed by atoms with van der Waals surface area (Å²) >= 11 is 0. The highest BCUT2D eigenvalue weighted by Gasteiger charge is 2.34. The minimum atomic E-state index is 0.0135. The number of carbonyl (C=O) groups is 1. The van der Waals surface area contributed by atoms with E-state index in [2.05, 4.69) is 26.1 Å². The van der Waals surface area contributed by atoms with E-state index in [1.54, 1.807) is 7.11 Å². The Morgan fingerprint density at radius 3 is 2.71 bits per heavy atom. The zero-order valence-corrected chi connectivity index (χ0v) is 11.7. The number of nitrogens with zero attached hydrogens (tertiary/aromatic N) is 1. The number of ether oxygens (including phenoxy) is 1. The standard InChI is InChI=1S/C13H26N2O2/c1-10(13(2,3)4)12(16)15-7-6-14-8-11(15)9-17-5/h10-11,14H,6-9H2,1-5H3. The molecule has 1 aliphatic heterocycles. The van der Waals surface area contributed by atoms with Crippen molar-refractivity contribution in [2.45, 2.75) is 33.7 Å². The number of nitrogens with one attached hydrogen (secondary N) is 1. The quantitative estimate of drug-likeness (QED) is 0.806. The fourth-order valence-electron chi connectivity index (χ4n) is 2.01. The summed E-state index contributed by atoms with van der Waals surface area (Å²) in [7, 11) is 1.68. The first-order valence-corrected chi connectivity index (χ1v) is 6.38. The van der Waals surface area contributed by atoms with Crippen LogP contribution in [0.4, 0.5) is 0 Å². The van der Waals surface area contributed by atoms with Gasteiger partial charge in [0.2, 0.25) is 5.91 Å². The predicted octanol–water partition coefficient (Wildman–Crippen LogP) is 1.12. The van der Waals surface area contributed by atoms with Crippen LogP contribution >= 0.6 is 0 Å². The van der Waals surface area contributed by atoms with Crippen molar-refractivity contribution in [1.29, 1.82) is 0 Å². The van der Waals surface area contributed by atoms with Crippen LogP contribution in [-0.2, 0) is 9.53 Å². The maximum atomic E-state index is 12.5. The fourth-order valence-corrected chi connectivity index (χ4v) is 2.01. The summed E-state index contributed by atoms with van der Waals surface area (Å²) in [6, 6.07) is 0.172. The average molecular weight is 242 g/mol. The highest BCUT2D eigenvalue weighted by molar-refractivity contribution is 5.79. The van der Waals surface area contributed by atoms with Gasteiger partial charge >= 0.3 is 0 Å². The fraction of sp³-hybridized carbons (Fsp3) is 0.923. The van der Waals surface area contributed by atoms with Crippen LogP contribution in [0.1, 0.15) is 27.7 Å². The molecule has 17 heavy (non-hydrogen) atoms. The van der Waals surface area contributed by atoms with Crippen LogP contribution in [-0.4, -0.2) is 50.2 Å². The van der Waals surface area contributed by atoms with Crippen molar-refractivity contribution in [3.63, 3.8) is 0 Å². The molecule has 0 radical (unpaired) electrons. The van der Waals surface area contributed by atoms with Crippen LogP contribution in [0.3, 0.4) is 0 Å². The van der Waals surface area contributed by atoms with Gasteiger partial charge in [-0.2, -0.15) is 0 Å². The van der Waals surface area contributed by atoms with Crippen molar-refractivity contribution in [3.8, 4) is 0 Å². The molecule has 0 bridgehead atoms. The Balaban J connectivity index is 2.71. The summed E-state index contributed by atoms with van der Waals surface area (Å²) in [5, 5.41) is 3.31. The van der Waals surface area contributed by atoms with Gasteiger partial charge in [-0.3, -0.25) is 4.79 Å². The van der Waals surface area contributed by atoms with Gasteiger partial charge in [-0.25, -0.2) is 0 Å². The molecular weight excluding hydrogens is 216 g/mol. The molecule has 0 aromatic carbocycles. The molecule has 1 amide bonds. The predicted molar refractivity (Wildman–Crippen MR) is 68.9 cm³/mol. The largest absolute Gasteiger partial charge is 0.382 e. The molecule has 100 valence electrons. The molecule has 2 atom stereocenters. The van der Waals surface area contributed by atoms with Gasteiger partial charge < -0.3 is 15.0 Å². The van der Waals surface area contributed by atoms with Gasteiger partial charge in [0, 0.05) is 32.7 Å². The molecule has 1 N–H and O–H groups in total. The lowest BCUT2D eigenvalue weighted by molar-refractivity contribution is -0.142. The Hall–Kier alpha value is -0.610. The highest BCUT2D eigenvalue weighted by Crippen LogP contribution is 2.27. The van der Waals surface area contributed by atoms with Crippen molar-refractivity contribution >= 4 is 5.91 Å². The minimum absolute atomic E-state index is 0.0135. The third kappa shape index (κ3) is 3.68. The third-order valence-electron chi connectivity index (χ3n) is 3.66. The molecule has 1 aliphatic rings. The Kier molecular flexibility index (Phi) is 4.95. The van der Waals surface area contributed by atoms with Gasteiger partial charge in [-0.05, 0) is 5.41 Å². The summed E-state index contributed by atoms with van der Waals surface area (Å²) in [6.45, 7) is 11.5. The number of rotatable bonds is 3. The second-order valence-corrected chi connectivity index (χ2v) is 5.93. The van der Waals surface area contributed by atoms with Crippen molar-refractivity contribution in [3.05, 3.63) is 0 Å². The smallest absolute Gasteiger partial charge is 0.226 e. The molecular formula is C13H26N2O2. The molecule has 1 heterocycles. The van der Waals surface area contributed by atoms with Crippen molar-refractivity contribution < 1.29 is 9.53 Å². The van der Waals surface area contributed by atoms with Gasteiger partial charge in [0.15, 0.2) is 0 Å². The van der Waals surface area contributed by atoms with Gasteiger partial charge in [-0.1, -0.05) is 27.7 Å². The maximum absolute atomic E-state index is 12.5. The second kappa shape index (κ2) is 5.83. The Morgan fingerprint density at radius 2 is 2.18 bits per heavy atom. The number of hydrogen-bond donors (Lipinski definition) is 1. The van der Waals surface area contributed by atoms with E-state index in [1.165, 1.54) is 0 Å². The number of methoxy groups -OCH3 is 1. The first-order chi connectivity index (χ1) is 7.88. The SMILES string of the molecule is COCC1CNCCN1C(=O)C(C)C(C)(C)C. The first-order valence-electron chi connectivity index (χ1n) is 6.38. The summed E-state index contributed by atoms with van der Waals surface area (Å²) in [4.78, 5) is 14.5. The number of amides is 1. The Morgan fingerprint density at radius 1 is 1.53 bits per heavy atom. The molecule has 1 saturated heterocycles. The van der Waals surface area contributed by atoms with Crippen LogP contribution in [0, 0.1) is 11.3 Å². The van der Waals surface area contributed by atoms with Crippen molar-refractivity contribution in [2.24, 2.45) is 11.3 Å². The van der Waals surface area contributed by atoms with E-state index in [0.717, 1.165) is 19.6 Å². The van der Waals surface area contributed by atoms with Gasteiger partial charge in [0.25, 0.3) is 0 Å². The van der Waals surface area contributed by atoms with Crippen LogP contribution in [0.25, 0.3) is 0 Å². The number of hydrogen-bond acceptors (Lipinski definition) is 3. The van der Waals surface area contributed by atoms with E-state index in [4.69, 9.17) is 4.74 Å². The second-order valence-electron chi connectivity index (χ2n) is 5.93. The van der Waals surface area contributed by atoms with Crippen LogP contribution in [0.15, 0.2) is 0 Å².